The fourth-order valence-electron chi connectivity index (χ4n) is 1.68. The van der Waals surface area contributed by atoms with Crippen molar-refractivity contribution >= 4 is 23.4 Å². The summed E-state index contributed by atoms with van der Waals surface area (Å²) in [4.78, 5) is 34.8. The van der Waals surface area contributed by atoms with E-state index in [0.717, 1.165) is 14.2 Å². The molecule has 9 heteroatoms. The largest absolute Gasteiger partial charge is 0.493 e. The van der Waals surface area contributed by atoms with Crippen LogP contribution in [0, 0.1) is 0 Å². The number of azo groups is 1. The minimum atomic E-state index is -1.55. The van der Waals surface area contributed by atoms with Gasteiger partial charge in [-0.05, 0) is 12.1 Å². The molecule has 0 aliphatic rings. The van der Waals surface area contributed by atoms with Gasteiger partial charge in [0, 0.05) is 6.07 Å². The summed E-state index contributed by atoms with van der Waals surface area (Å²) in [5, 5.41) is 7.51. The SMILES string of the molecule is COC(=O)CC(=O)C(N=Nc1ccc(OC)c(OC)c1)C(=O)OC. The molecule has 0 aliphatic heterocycles. The lowest BCUT2D eigenvalue weighted by atomic mass is 10.1. The molecule has 1 atom stereocenters. The molecule has 0 aromatic heterocycles. The van der Waals surface area contributed by atoms with Gasteiger partial charge in [-0.2, -0.15) is 10.2 Å². The number of benzene rings is 1. The number of hydrogen-bond donors (Lipinski definition) is 0. The number of ketones is 1. The van der Waals surface area contributed by atoms with Gasteiger partial charge in [0.15, 0.2) is 17.3 Å². The van der Waals surface area contributed by atoms with E-state index in [2.05, 4.69) is 19.7 Å². The summed E-state index contributed by atoms with van der Waals surface area (Å²) in [6, 6.07) is 3.12. The van der Waals surface area contributed by atoms with E-state index < -0.39 is 30.2 Å². The maximum atomic E-state index is 12.0. The van der Waals surface area contributed by atoms with Gasteiger partial charge >= 0.3 is 11.9 Å². The standard InChI is InChI=1S/C15H18N2O7/c1-21-11-6-5-9(7-12(11)22-2)16-17-14(15(20)24-4)10(18)8-13(19)23-3/h5-7,14H,8H2,1-4H3. The maximum absolute atomic E-state index is 12.0. The van der Waals surface area contributed by atoms with Crippen molar-refractivity contribution in [3.8, 4) is 11.5 Å². The summed E-state index contributed by atoms with van der Waals surface area (Å²) in [5.41, 5.74) is 0.326. The molecule has 0 spiro atoms. The summed E-state index contributed by atoms with van der Waals surface area (Å²) in [6.07, 6.45) is -0.610. The number of esters is 2. The first-order valence-corrected chi connectivity index (χ1v) is 6.77. The molecule has 0 N–H and O–H groups in total. The highest BCUT2D eigenvalue weighted by atomic mass is 16.5. The number of Topliss-reactive ketones (excluding diaryl/α,β-unsaturated/α-hetero) is 1. The molecule has 130 valence electrons. The molecule has 1 aromatic carbocycles. The average molecular weight is 338 g/mol. The van der Waals surface area contributed by atoms with Gasteiger partial charge in [0.2, 0.25) is 6.04 Å². The van der Waals surface area contributed by atoms with Crippen LogP contribution in [0.2, 0.25) is 0 Å². The van der Waals surface area contributed by atoms with E-state index in [9.17, 15) is 14.4 Å². The third kappa shape index (κ3) is 5.04. The van der Waals surface area contributed by atoms with Crippen molar-refractivity contribution < 1.29 is 33.3 Å². The number of carbonyl (C=O) groups excluding carboxylic acids is 3. The molecular formula is C15H18N2O7. The number of methoxy groups -OCH3 is 4. The molecule has 0 saturated heterocycles. The summed E-state index contributed by atoms with van der Waals surface area (Å²) in [7, 11) is 5.17. The molecule has 24 heavy (non-hydrogen) atoms. The van der Waals surface area contributed by atoms with E-state index in [1.165, 1.54) is 20.3 Å². The van der Waals surface area contributed by atoms with E-state index in [1.807, 2.05) is 0 Å². The third-order valence-corrected chi connectivity index (χ3v) is 2.93. The van der Waals surface area contributed by atoms with Crippen LogP contribution in [0.3, 0.4) is 0 Å². The Morgan fingerprint density at radius 1 is 1.00 bits per heavy atom. The van der Waals surface area contributed by atoms with Crippen molar-refractivity contribution in [1.82, 2.24) is 0 Å². The van der Waals surface area contributed by atoms with E-state index in [4.69, 9.17) is 9.47 Å². The van der Waals surface area contributed by atoms with E-state index in [-0.39, 0.29) is 0 Å². The smallest absolute Gasteiger partial charge is 0.340 e. The van der Waals surface area contributed by atoms with Crippen LogP contribution in [0.4, 0.5) is 5.69 Å². The third-order valence-electron chi connectivity index (χ3n) is 2.93. The summed E-state index contributed by atoms with van der Waals surface area (Å²) < 4.78 is 19.1. The molecular weight excluding hydrogens is 320 g/mol. The normalized spacial score (nSPS) is 11.7. The minimum Gasteiger partial charge on any atom is -0.493 e. The zero-order valence-corrected chi connectivity index (χ0v) is 13.8. The molecule has 0 bridgehead atoms. The average Bonchev–Trinajstić information content (AvgIpc) is 2.60. The Morgan fingerprint density at radius 3 is 2.21 bits per heavy atom. The van der Waals surface area contributed by atoms with Gasteiger partial charge in [-0.1, -0.05) is 0 Å². The highest BCUT2D eigenvalue weighted by Gasteiger charge is 2.29. The predicted octanol–water partition coefficient (Wildman–Crippen LogP) is 1.46. The first-order valence-electron chi connectivity index (χ1n) is 6.77. The monoisotopic (exact) mass is 338 g/mol. The number of carbonyl (C=O) groups is 3. The van der Waals surface area contributed by atoms with Gasteiger partial charge in [-0.3, -0.25) is 9.59 Å². The van der Waals surface area contributed by atoms with Crippen LogP contribution in [0.5, 0.6) is 11.5 Å². The van der Waals surface area contributed by atoms with Crippen LogP contribution in [0.25, 0.3) is 0 Å². The van der Waals surface area contributed by atoms with Gasteiger partial charge in [-0.25, -0.2) is 4.79 Å². The molecule has 0 fully saturated rings. The van der Waals surface area contributed by atoms with Crippen molar-refractivity contribution in [3.63, 3.8) is 0 Å². The first-order chi connectivity index (χ1) is 11.5. The Labute approximate surface area is 138 Å². The van der Waals surface area contributed by atoms with Crippen LogP contribution in [-0.4, -0.2) is 52.2 Å². The Morgan fingerprint density at radius 2 is 1.67 bits per heavy atom. The second kappa shape index (κ2) is 9.23. The lowest BCUT2D eigenvalue weighted by molar-refractivity contribution is -0.148. The highest BCUT2D eigenvalue weighted by molar-refractivity contribution is 6.09. The number of nitrogens with zero attached hydrogens (tertiary/aromatic N) is 2. The van der Waals surface area contributed by atoms with Crippen molar-refractivity contribution in [2.75, 3.05) is 28.4 Å². The molecule has 0 heterocycles. The highest BCUT2D eigenvalue weighted by Crippen LogP contribution is 2.31. The zero-order valence-electron chi connectivity index (χ0n) is 13.8. The fraction of sp³-hybridized carbons (Fsp3) is 0.400. The molecule has 9 nitrogen and oxygen atoms in total. The molecule has 1 rings (SSSR count). The zero-order chi connectivity index (χ0) is 18.1. The van der Waals surface area contributed by atoms with Crippen LogP contribution in [-0.2, 0) is 23.9 Å². The van der Waals surface area contributed by atoms with Gasteiger partial charge < -0.3 is 18.9 Å². The van der Waals surface area contributed by atoms with Crippen LogP contribution in [0.15, 0.2) is 28.4 Å². The molecule has 0 aliphatic carbocycles. The van der Waals surface area contributed by atoms with Crippen molar-refractivity contribution in [1.29, 1.82) is 0 Å². The number of rotatable bonds is 8. The van der Waals surface area contributed by atoms with Crippen LogP contribution >= 0.6 is 0 Å². The summed E-state index contributed by atoms with van der Waals surface area (Å²) >= 11 is 0. The summed E-state index contributed by atoms with van der Waals surface area (Å²) in [5.74, 6) is -1.59. The van der Waals surface area contributed by atoms with Crippen molar-refractivity contribution in [2.24, 2.45) is 10.2 Å². The lowest BCUT2D eigenvalue weighted by Gasteiger charge is -2.09. The predicted molar refractivity (Wildman–Crippen MR) is 81.5 cm³/mol. The van der Waals surface area contributed by atoms with Crippen molar-refractivity contribution in [2.45, 2.75) is 12.5 Å². The van der Waals surface area contributed by atoms with Crippen molar-refractivity contribution in [3.05, 3.63) is 18.2 Å². The Kier molecular flexibility index (Phi) is 7.34. The quantitative estimate of drug-likeness (QED) is 0.400. The second-order valence-electron chi connectivity index (χ2n) is 4.40. The topological polar surface area (TPSA) is 113 Å². The Bertz CT molecular complexity index is 643. The Hall–Kier alpha value is -2.97. The number of ether oxygens (including phenoxy) is 4. The van der Waals surface area contributed by atoms with Gasteiger partial charge in [0.1, 0.15) is 6.42 Å². The van der Waals surface area contributed by atoms with E-state index in [1.54, 1.807) is 12.1 Å². The molecule has 0 radical (unpaired) electrons. The molecule has 1 aromatic rings. The molecule has 0 saturated carbocycles. The maximum Gasteiger partial charge on any atom is 0.340 e. The number of hydrogen-bond acceptors (Lipinski definition) is 9. The lowest BCUT2D eigenvalue weighted by Crippen LogP contribution is -2.31. The van der Waals surface area contributed by atoms with E-state index in [0.29, 0.717) is 17.2 Å². The van der Waals surface area contributed by atoms with Gasteiger partial charge in [0.05, 0.1) is 34.1 Å². The van der Waals surface area contributed by atoms with Crippen LogP contribution < -0.4 is 9.47 Å². The second-order valence-corrected chi connectivity index (χ2v) is 4.40. The molecule has 1 unspecified atom stereocenters. The first kappa shape index (κ1) is 19.1. The summed E-state index contributed by atoms with van der Waals surface area (Å²) in [6.45, 7) is 0. The fourth-order valence-corrected chi connectivity index (χ4v) is 1.68. The van der Waals surface area contributed by atoms with E-state index >= 15 is 0 Å². The molecule has 0 amide bonds. The Balaban J connectivity index is 3.01. The minimum absolute atomic E-state index is 0.326. The van der Waals surface area contributed by atoms with Gasteiger partial charge in [-0.15, -0.1) is 0 Å². The van der Waals surface area contributed by atoms with Crippen LogP contribution in [0.1, 0.15) is 6.42 Å². The van der Waals surface area contributed by atoms with Gasteiger partial charge in [0.25, 0.3) is 0 Å².